The summed E-state index contributed by atoms with van der Waals surface area (Å²) in [7, 11) is 0. The van der Waals surface area contributed by atoms with Gasteiger partial charge in [0.1, 0.15) is 19.0 Å². The minimum atomic E-state index is -0.188. The molecule has 0 aliphatic carbocycles. The number of carbonyl (C=O) groups excluding carboxylic acids is 2. The summed E-state index contributed by atoms with van der Waals surface area (Å²) in [5.74, 6) is 0.520. The van der Waals surface area contributed by atoms with Crippen molar-refractivity contribution in [3.05, 3.63) is 66.2 Å². The Morgan fingerprint density at radius 3 is 2.12 bits per heavy atom. The molecule has 2 aromatic rings. The van der Waals surface area contributed by atoms with Crippen molar-refractivity contribution in [1.82, 2.24) is 0 Å². The maximum absolute atomic E-state index is 11.1. The SMILES string of the molecule is CC(C)C(=O)OCCOc1ccccc1.O=COCCc1ccccc1. The Bertz CT molecular complexity index is 611. The normalized spacial score (nSPS) is 9.65. The van der Waals surface area contributed by atoms with Gasteiger partial charge in [0.2, 0.25) is 0 Å². The minimum absolute atomic E-state index is 0.0817. The van der Waals surface area contributed by atoms with Crippen LogP contribution in [-0.4, -0.2) is 32.3 Å². The van der Waals surface area contributed by atoms with Crippen LogP contribution in [0.25, 0.3) is 0 Å². The van der Waals surface area contributed by atoms with E-state index in [0.717, 1.165) is 12.2 Å². The van der Waals surface area contributed by atoms with E-state index in [4.69, 9.17) is 9.47 Å². The second-order valence-electron chi connectivity index (χ2n) is 5.69. The van der Waals surface area contributed by atoms with Crippen LogP contribution in [0.5, 0.6) is 5.75 Å². The molecule has 0 saturated carbocycles. The molecule has 0 bridgehead atoms. The van der Waals surface area contributed by atoms with E-state index in [2.05, 4.69) is 4.74 Å². The Labute approximate surface area is 154 Å². The first-order valence-electron chi connectivity index (χ1n) is 8.57. The summed E-state index contributed by atoms with van der Waals surface area (Å²) >= 11 is 0. The van der Waals surface area contributed by atoms with Crippen LogP contribution in [0, 0.1) is 5.92 Å². The van der Waals surface area contributed by atoms with Crippen LogP contribution < -0.4 is 4.74 Å². The first kappa shape index (κ1) is 21.2. The van der Waals surface area contributed by atoms with Gasteiger partial charge in [-0.15, -0.1) is 0 Å². The van der Waals surface area contributed by atoms with E-state index in [1.165, 1.54) is 5.56 Å². The number of hydrogen-bond donors (Lipinski definition) is 0. The van der Waals surface area contributed by atoms with Crippen LogP contribution >= 0.6 is 0 Å². The lowest BCUT2D eigenvalue weighted by Crippen LogP contribution is -2.16. The molecule has 0 heterocycles. The molecule has 0 saturated heterocycles. The first-order chi connectivity index (χ1) is 12.6. The highest BCUT2D eigenvalue weighted by Gasteiger charge is 2.07. The number of para-hydroxylation sites is 1. The zero-order valence-electron chi connectivity index (χ0n) is 15.3. The van der Waals surface area contributed by atoms with E-state index in [1.54, 1.807) is 13.8 Å². The molecule has 0 fully saturated rings. The number of rotatable bonds is 9. The van der Waals surface area contributed by atoms with Crippen molar-refractivity contribution in [1.29, 1.82) is 0 Å². The molecular weight excluding hydrogens is 332 g/mol. The smallest absolute Gasteiger partial charge is 0.308 e. The second-order valence-corrected chi connectivity index (χ2v) is 5.69. The molecule has 2 rings (SSSR count). The molecule has 0 aliphatic rings. The Morgan fingerprint density at radius 2 is 1.54 bits per heavy atom. The maximum Gasteiger partial charge on any atom is 0.308 e. The first-order valence-corrected chi connectivity index (χ1v) is 8.57. The van der Waals surface area contributed by atoms with E-state index >= 15 is 0 Å². The standard InChI is InChI=1S/C12H16O3.C9H10O2/c1-10(2)12(13)15-9-8-14-11-6-4-3-5-7-11;10-8-11-7-6-9-4-2-1-3-5-9/h3-7,10H,8-9H2,1-2H3;1-5,8H,6-7H2. The van der Waals surface area contributed by atoms with Crippen LogP contribution in [0.4, 0.5) is 0 Å². The fourth-order valence-corrected chi connectivity index (χ4v) is 1.85. The predicted molar refractivity (Wildman–Crippen MR) is 99.9 cm³/mol. The van der Waals surface area contributed by atoms with Gasteiger partial charge in [-0.3, -0.25) is 9.59 Å². The van der Waals surface area contributed by atoms with Gasteiger partial charge < -0.3 is 14.2 Å². The van der Waals surface area contributed by atoms with Crippen molar-refractivity contribution in [2.45, 2.75) is 20.3 Å². The van der Waals surface area contributed by atoms with Gasteiger partial charge in [0.25, 0.3) is 6.47 Å². The minimum Gasteiger partial charge on any atom is -0.490 e. The Morgan fingerprint density at radius 1 is 0.923 bits per heavy atom. The van der Waals surface area contributed by atoms with Crippen molar-refractivity contribution in [2.75, 3.05) is 19.8 Å². The number of carbonyl (C=O) groups is 2. The Hall–Kier alpha value is -2.82. The van der Waals surface area contributed by atoms with Gasteiger partial charge in [-0.25, -0.2) is 0 Å². The predicted octanol–water partition coefficient (Wildman–Crippen LogP) is 3.67. The lowest BCUT2D eigenvalue weighted by Gasteiger charge is -2.08. The van der Waals surface area contributed by atoms with Crippen LogP contribution in [-0.2, 0) is 25.5 Å². The highest BCUT2D eigenvalue weighted by atomic mass is 16.6. The van der Waals surface area contributed by atoms with Gasteiger partial charge in [-0.1, -0.05) is 62.4 Å². The van der Waals surface area contributed by atoms with Crippen molar-refractivity contribution < 1.29 is 23.8 Å². The fraction of sp³-hybridized carbons (Fsp3) is 0.333. The fourth-order valence-electron chi connectivity index (χ4n) is 1.85. The van der Waals surface area contributed by atoms with Crippen LogP contribution in [0.1, 0.15) is 19.4 Å². The molecule has 0 aromatic heterocycles. The van der Waals surface area contributed by atoms with E-state index in [0.29, 0.717) is 26.3 Å². The third kappa shape index (κ3) is 10.1. The maximum atomic E-state index is 11.1. The molecule has 5 heteroatoms. The van der Waals surface area contributed by atoms with Crippen LogP contribution in [0.3, 0.4) is 0 Å². The Balaban J connectivity index is 0.000000273. The van der Waals surface area contributed by atoms with E-state index < -0.39 is 0 Å². The molecule has 0 radical (unpaired) electrons. The summed E-state index contributed by atoms with van der Waals surface area (Å²) < 4.78 is 14.9. The van der Waals surface area contributed by atoms with E-state index in [9.17, 15) is 9.59 Å². The largest absolute Gasteiger partial charge is 0.490 e. The highest BCUT2D eigenvalue weighted by Crippen LogP contribution is 2.07. The molecule has 26 heavy (non-hydrogen) atoms. The lowest BCUT2D eigenvalue weighted by molar-refractivity contribution is -0.148. The number of esters is 1. The molecule has 5 nitrogen and oxygen atoms in total. The number of benzene rings is 2. The summed E-state index contributed by atoms with van der Waals surface area (Å²) in [6.07, 6.45) is 0.791. The van der Waals surface area contributed by atoms with Gasteiger partial charge in [-0.05, 0) is 17.7 Å². The molecule has 0 atom stereocenters. The quantitative estimate of drug-likeness (QED) is 0.389. The van der Waals surface area contributed by atoms with Crippen molar-refractivity contribution >= 4 is 12.4 Å². The number of hydrogen-bond acceptors (Lipinski definition) is 5. The second kappa shape index (κ2) is 13.5. The molecule has 0 aliphatic heterocycles. The summed E-state index contributed by atoms with van der Waals surface area (Å²) in [5.41, 5.74) is 1.19. The molecule has 140 valence electrons. The molecule has 2 aromatic carbocycles. The third-order valence-electron chi connectivity index (χ3n) is 3.23. The molecular formula is C21H26O5. The van der Waals surface area contributed by atoms with Crippen molar-refractivity contribution in [2.24, 2.45) is 5.92 Å². The monoisotopic (exact) mass is 358 g/mol. The van der Waals surface area contributed by atoms with E-state index in [-0.39, 0.29) is 11.9 Å². The summed E-state index contributed by atoms with van der Waals surface area (Å²) in [6.45, 7) is 5.24. The zero-order chi connectivity index (χ0) is 19.0. The topological polar surface area (TPSA) is 61.8 Å². The van der Waals surface area contributed by atoms with Gasteiger partial charge in [0.15, 0.2) is 0 Å². The highest BCUT2D eigenvalue weighted by molar-refractivity contribution is 5.71. The summed E-state index contributed by atoms with van der Waals surface area (Å²) in [6, 6.07) is 19.4. The van der Waals surface area contributed by atoms with Crippen molar-refractivity contribution in [3.8, 4) is 5.75 Å². The molecule has 0 spiro atoms. The lowest BCUT2D eigenvalue weighted by atomic mass is 10.2. The van der Waals surface area contributed by atoms with Gasteiger partial charge in [-0.2, -0.15) is 0 Å². The summed E-state index contributed by atoms with van der Waals surface area (Å²) in [5, 5.41) is 0. The molecule has 0 unspecified atom stereocenters. The number of ether oxygens (including phenoxy) is 3. The summed E-state index contributed by atoms with van der Waals surface area (Å²) in [4.78, 5) is 20.8. The Kier molecular flexibility index (Phi) is 11.0. The average molecular weight is 358 g/mol. The van der Waals surface area contributed by atoms with Gasteiger partial charge in [0.05, 0.1) is 12.5 Å². The van der Waals surface area contributed by atoms with Crippen LogP contribution in [0.2, 0.25) is 0 Å². The average Bonchev–Trinajstić information content (AvgIpc) is 2.67. The van der Waals surface area contributed by atoms with Gasteiger partial charge >= 0.3 is 5.97 Å². The van der Waals surface area contributed by atoms with Gasteiger partial charge in [0, 0.05) is 6.42 Å². The van der Waals surface area contributed by atoms with Crippen LogP contribution in [0.15, 0.2) is 60.7 Å². The molecule has 0 amide bonds. The zero-order valence-corrected chi connectivity index (χ0v) is 15.3. The van der Waals surface area contributed by atoms with E-state index in [1.807, 2.05) is 60.7 Å². The van der Waals surface area contributed by atoms with Crippen molar-refractivity contribution in [3.63, 3.8) is 0 Å². The third-order valence-corrected chi connectivity index (χ3v) is 3.23. The molecule has 0 N–H and O–H groups in total.